The first-order valence-electron chi connectivity index (χ1n) is 7.42. The molecular weight excluding hydrogens is 260 g/mol. The number of hydrogen-bond acceptors (Lipinski definition) is 6. The van der Waals surface area contributed by atoms with Gasteiger partial charge in [0.05, 0.1) is 38.6 Å². The molecule has 0 bridgehead atoms. The molecule has 0 aliphatic rings. The lowest BCUT2D eigenvalue weighted by molar-refractivity contribution is 0.0374. The molecule has 20 heavy (non-hydrogen) atoms. The van der Waals surface area contributed by atoms with Crippen molar-refractivity contribution in [3.8, 4) is 0 Å². The van der Waals surface area contributed by atoms with Gasteiger partial charge in [-0.3, -0.25) is 0 Å². The lowest BCUT2D eigenvalue weighted by Crippen LogP contribution is -2.32. The first kappa shape index (κ1) is 22.0. The largest absolute Gasteiger partial charge is 0.394 e. The van der Waals surface area contributed by atoms with Crippen LogP contribution in [0.5, 0.6) is 0 Å². The topological polar surface area (TPSA) is 83.0 Å². The van der Waals surface area contributed by atoms with Crippen molar-refractivity contribution in [2.75, 3.05) is 53.1 Å². The summed E-state index contributed by atoms with van der Waals surface area (Å²) in [5.41, 5.74) is 0. The number of likely N-dealkylation sites (N-methyl/N-ethyl adjacent to an activating group) is 1. The van der Waals surface area contributed by atoms with Gasteiger partial charge in [-0.1, -0.05) is 6.92 Å². The fourth-order valence-corrected chi connectivity index (χ4v) is 1.20. The third-order valence-electron chi connectivity index (χ3n) is 2.55. The highest BCUT2D eigenvalue weighted by molar-refractivity contribution is 4.55. The number of aliphatic hydroxyl groups is 2. The van der Waals surface area contributed by atoms with E-state index >= 15 is 0 Å². The van der Waals surface area contributed by atoms with Crippen LogP contribution in [-0.4, -0.2) is 75.5 Å². The summed E-state index contributed by atoms with van der Waals surface area (Å²) in [4.78, 5) is 0. The van der Waals surface area contributed by atoms with E-state index in [1.54, 1.807) is 0 Å². The Hall–Kier alpha value is -0.240. The van der Waals surface area contributed by atoms with E-state index in [0.717, 1.165) is 26.1 Å². The van der Waals surface area contributed by atoms with Crippen molar-refractivity contribution in [3.05, 3.63) is 0 Å². The van der Waals surface area contributed by atoms with Gasteiger partial charge in [0, 0.05) is 19.6 Å². The Labute approximate surface area is 123 Å². The Morgan fingerprint density at radius 1 is 0.950 bits per heavy atom. The van der Waals surface area contributed by atoms with Crippen molar-refractivity contribution >= 4 is 0 Å². The second-order valence-electron chi connectivity index (χ2n) is 4.53. The third kappa shape index (κ3) is 20.1. The second-order valence-corrected chi connectivity index (χ2v) is 4.53. The van der Waals surface area contributed by atoms with E-state index in [2.05, 4.69) is 17.6 Å². The Kier molecular flexibility index (Phi) is 20.7. The van der Waals surface area contributed by atoms with E-state index in [-0.39, 0.29) is 19.3 Å². The molecule has 0 aliphatic heterocycles. The molecular formula is C14H34N2O4. The summed E-state index contributed by atoms with van der Waals surface area (Å²) in [7, 11) is 1.92. The van der Waals surface area contributed by atoms with Crippen LogP contribution in [0.1, 0.15) is 27.2 Å². The maximum Gasteiger partial charge on any atom is 0.0701 e. The van der Waals surface area contributed by atoms with Crippen LogP contribution in [0.3, 0.4) is 0 Å². The van der Waals surface area contributed by atoms with Crippen LogP contribution in [0.25, 0.3) is 0 Å². The maximum absolute atomic E-state index is 8.47. The summed E-state index contributed by atoms with van der Waals surface area (Å²) < 4.78 is 10.3. The van der Waals surface area contributed by atoms with E-state index in [0.29, 0.717) is 19.3 Å². The highest BCUT2D eigenvalue weighted by Gasteiger charge is 1.99. The smallest absolute Gasteiger partial charge is 0.0701 e. The quantitative estimate of drug-likeness (QED) is 0.379. The molecule has 4 N–H and O–H groups in total. The van der Waals surface area contributed by atoms with Gasteiger partial charge in [-0.15, -0.1) is 0 Å². The van der Waals surface area contributed by atoms with Gasteiger partial charge >= 0.3 is 0 Å². The molecule has 6 nitrogen and oxygen atoms in total. The second kappa shape index (κ2) is 18.8. The van der Waals surface area contributed by atoms with Gasteiger partial charge in [-0.05, 0) is 27.3 Å². The molecule has 0 saturated heterocycles. The zero-order chi connectivity index (χ0) is 15.6. The summed E-state index contributed by atoms with van der Waals surface area (Å²) in [6.07, 6.45) is 1.48. The molecule has 6 heteroatoms. The van der Waals surface area contributed by atoms with Gasteiger partial charge in [0.2, 0.25) is 0 Å². The molecule has 2 unspecified atom stereocenters. The molecule has 0 spiro atoms. The first-order chi connectivity index (χ1) is 9.62. The van der Waals surface area contributed by atoms with Gasteiger partial charge in [0.15, 0.2) is 0 Å². The number of hydrogen-bond donors (Lipinski definition) is 4. The minimum Gasteiger partial charge on any atom is -0.394 e. The lowest BCUT2D eigenvalue weighted by atomic mass is 10.3. The van der Waals surface area contributed by atoms with Crippen LogP contribution in [0.2, 0.25) is 0 Å². The molecule has 0 aromatic carbocycles. The van der Waals surface area contributed by atoms with Crippen LogP contribution in [0, 0.1) is 0 Å². The van der Waals surface area contributed by atoms with Gasteiger partial charge < -0.3 is 30.3 Å². The van der Waals surface area contributed by atoms with Gasteiger partial charge in [-0.2, -0.15) is 0 Å². The summed E-state index contributed by atoms with van der Waals surface area (Å²) >= 11 is 0. The molecule has 124 valence electrons. The summed E-state index contributed by atoms with van der Waals surface area (Å²) in [5, 5.41) is 23.0. The number of ether oxygens (including phenoxy) is 2. The van der Waals surface area contributed by atoms with Crippen LogP contribution < -0.4 is 10.6 Å². The standard InChI is InChI=1S/C8H20N2O2.C6H14O2/c1-8(12-6-5-11)7-10-4-3-9-2;1-3-6(2)8-5-4-7/h8-11H,3-7H2,1-2H3;6-7H,3-5H2,1-2H3. The van der Waals surface area contributed by atoms with Crippen molar-refractivity contribution in [2.24, 2.45) is 0 Å². The Balaban J connectivity index is 0. The van der Waals surface area contributed by atoms with Crippen molar-refractivity contribution in [1.29, 1.82) is 0 Å². The average Bonchev–Trinajstić information content (AvgIpc) is 2.47. The molecule has 0 radical (unpaired) electrons. The van der Waals surface area contributed by atoms with Gasteiger partial charge in [0.1, 0.15) is 0 Å². The SMILES string of the molecule is CCC(C)OCCO.CNCCNCC(C)OCCO. The van der Waals surface area contributed by atoms with Crippen molar-refractivity contribution < 1.29 is 19.7 Å². The molecule has 0 amide bonds. The van der Waals surface area contributed by atoms with Gasteiger partial charge in [0.25, 0.3) is 0 Å². The molecule has 0 rings (SSSR count). The minimum atomic E-state index is 0.0981. The average molecular weight is 294 g/mol. The lowest BCUT2D eigenvalue weighted by Gasteiger charge is -2.12. The Morgan fingerprint density at radius 3 is 1.95 bits per heavy atom. The fraction of sp³-hybridized carbons (Fsp3) is 1.00. The van der Waals surface area contributed by atoms with Crippen LogP contribution in [0.4, 0.5) is 0 Å². The Morgan fingerprint density at radius 2 is 1.50 bits per heavy atom. The minimum absolute atomic E-state index is 0.0981. The molecule has 0 heterocycles. The summed E-state index contributed by atoms with van der Waals surface area (Å²) in [5.74, 6) is 0. The number of rotatable bonds is 12. The summed E-state index contributed by atoms with van der Waals surface area (Å²) in [6.45, 7) is 9.91. The van der Waals surface area contributed by atoms with Gasteiger partial charge in [-0.25, -0.2) is 0 Å². The van der Waals surface area contributed by atoms with Crippen LogP contribution >= 0.6 is 0 Å². The number of aliphatic hydroxyl groups excluding tert-OH is 2. The normalized spacial score (nSPS) is 13.5. The first-order valence-corrected chi connectivity index (χ1v) is 7.42. The zero-order valence-electron chi connectivity index (χ0n) is 13.5. The Bertz CT molecular complexity index is 173. The predicted molar refractivity (Wildman–Crippen MR) is 82.1 cm³/mol. The van der Waals surface area contributed by atoms with E-state index in [4.69, 9.17) is 19.7 Å². The molecule has 0 aromatic heterocycles. The highest BCUT2D eigenvalue weighted by Crippen LogP contribution is 1.93. The van der Waals surface area contributed by atoms with Crippen LogP contribution in [0.15, 0.2) is 0 Å². The highest BCUT2D eigenvalue weighted by atomic mass is 16.5. The maximum atomic E-state index is 8.47. The molecule has 0 aromatic rings. The van der Waals surface area contributed by atoms with E-state index in [9.17, 15) is 0 Å². The predicted octanol–water partition coefficient (Wildman–Crippen LogP) is -0.0134. The molecule has 0 aliphatic carbocycles. The monoisotopic (exact) mass is 294 g/mol. The van der Waals surface area contributed by atoms with E-state index in [1.807, 2.05) is 20.9 Å². The van der Waals surface area contributed by atoms with E-state index in [1.165, 1.54) is 0 Å². The molecule has 0 fully saturated rings. The number of nitrogens with one attached hydrogen (secondary N) is 2. The third-order valence-corrected chi connectivity index (χ3v) is 2.55. The summed E-state index contributed by atoms with van der Waals surface area (Å²) in [6, 6.07) is 0. The van der Waals surface area contributed by atoms with Crippen molar-refractivity contribution in [1.82, 2.24) is 10.6 Å². The molecule has 2 atom stereocenters. The molecule has 0 saturated carbocycles. The van der Waals surface area contributed by atoms with Crippen molar-refractivity contribution in [3.63, 3.8) is 0 Å². The van der Waals surface area contributed by atoms with Crippen molar-refractivity contribution in [2.45, 2.75) is 39.4 Å². The fourth-order valence-electron chi connectivity index (χ4n) is 1.20. The zero-order valence-corrected chi connectivity index (χ0v) is 13.5. The van der Waals surface area contributed by atoms with E-state index < -0.39 is 0 Å². The van der Waals surface area contributed by atoms with Crippen LogP contribution in [-0.2, 0) is 9.47 Å².